The average Bonchev–Trinajstić information content (AvgIpc) is 2.39. The van der Waals surface area contributed by atoms with Gasteiger partial charge >= 0.3 is 0 Å². The number of fused-ring (bicyclic) bond motifs is 1. The molecule has 0 saturated carbocycles. The fraction of sp³-hybridized carbons (Fsp3) is 0.462. The molecule has 0 aliphatic carbocycles. The molecule has 5 nitrogen and oxygen atoms in total. The van der Waals surface area contributed by atoms with Gasteiger partial charge in [0.15, 0.2) is 6.61 Å². The van der Waals surface area contributed by atoms with Crippen molar-refractivity contribution in [1.82, 2.24) is 0 Å². The fourth-order valence-electron chi connectivity index (χ4n) is 2.54. The third kappa shape index (κ3) is 1.96. The summed E-state index contributed by atoms with van der Waals surface area (Å²) in [5.74, 6) is 0.546. The Balaban J connectivity index is 1.94. The van der Waals surface area contributed by atoms with Crippen LogP contribution in [0, 0.1) is 0 Å². The van der Waals surface area contributed by atoms with Gasteiger partial charge in [0.25, 0.3) is 5.91 Å². The standard InChI is InChI=1S/C13H17N3O2/c14-9-6-12-10(15-13(17)8-18-12)7-11(9)16-4-2-1-3-5-16/h6-7H,1-5,8,14H2,(H,15,17). The Hall–Kier alpha value is -1.91. The minimum Gasteiger partial charge on any atom is -0.482 e. The van der Waals surface area contributed by atoms with Crippen LogP contribution in [-0.4, -0.2) is 25.6 Å². The number of hydrogen-bond donors (Lipinski definition) is 2. The largest absolute Gasteiger partial charge is 0.482 e. The zero-order valence-corrected chi connectivity index (χ0v) is 10.2. The zero-order valence-electron chi connectivity index (χ0n) is 10.2. The quantitative estimate of drug-likeness (QED) is 0.739. The van der Waals surface area contributed by atoms with Crippen LogP contribution >= 0.6 is 0 Å². The van der Waals surface area contributed by atoms with Crippen molar-refractivity contribution < 1.29 is 9.53 Å². The SMILES string of the molecule is Nc1cc2c(cc1N1CCCCC1)NC(=O)CO2. The molecule has 0 unspecified atom stereocenters. The summed E-state index contributed by atoms with van der Waals surface area (Å²) in [6.45, 7) is 2.12. The summed E-state index contributed by atoms with van der Waals surface area (Å²) in [6.07, 6.45) is 3.67. The summed E-state index contributed by atoms with van der Waals surface area (Å²) in [6, 6.07) is 3.73. The molecule has 96 valence electrons. The van der Waals surface area contributed by atoms with Gasteiger partial charge in [-0.15, -0.1) is 0 Å². The highest BCUT2D eigenvalue weighted by atomic mass is 16.5. The molecule has 0 radical (unpaired) electrons. The molecular weight excluding hydrogens is 230 g/mol. The third-order valence-electron chi connectivity index (χ3n) is 3.46. The first-order valence-corrected chi connectivity index (χ1v) is 6.35. The predicted molar refractivity (Wildman–Crippen MR) is 71.0 cm³/mol. The van der Waals surface area contributed by atoms with Gasteiger partial charge in [0.1, 0.15) is 5.75 Å². The van der Waals surface area contributed by atoms with E-state index in [1.807, 2.05) is 6.07 Å². The van der Waals surface area contributed by atoms with Crippen LogP contribution in [0.3, 0.4) is 0 Å². The Morgan fingerprint density at radius 1 is 1.22 bits per heavy atom. The smallest absolute Gasteiger partial charge is 0.262 e. The van der Waals surface area contributed by atoms with Gasteiger partial charge in [-0.05, 0) is 25.3 Å². The topological polar surface area (TPSA) is 67.6 Å². The van der Waals surface area contributed by atoms with Crippen molar-refractivity contribution in [1.29, 1.82) is 0 Å². The van der Waals surface area contributed by atoms with E-state index in [0.717, 1.165) is 24.5 Å². The van der Waals surface area contributed by atoms with E-state index in [2.05, 4.69) is 10.2 Å². The Morgan fingerprint density at radius 2 is 2.00 bits per heavy atom. The maximum Gasteiger partial charge on any atom is 0.262 e. The number of hydrogen-bond acceptors (Lipinski definition) is 4. The molecule has 3 N–H and O–H groups in total. The molecular formula is C13H17N3O2. The molecule has 2 aliphatic rings. The Labute approximate surface area is 106 Å². The summed E-state index contributed by atoms with van der Waals surface area (Å²) < 4.78 is 5.35. The summed E-state index contributed by atoms with van der Waals surface area (Å²) in [4.78, 5) is 13.6. The molecule has 1 aromatic rings. The van der Waals surface area contributed by atoms with E-state index >= 15 is 0 Å². The second-order valence-electron chi connectivity index (χ2n) is 4.79. The van der Waals surface area contributed by atoms with Crippen LogP contribution < -0.4 is 20.7 Å². The molecule has 1 amide bonds. The van der Waals surface area contributed by atoms with E-state index in [1.165, 1.54) is 19.3 Å². The molecule has 3 rings (SSSR count). The lowest BCUT2D eigenvalue weighted by Gasteiger charge is -2.31. The molecule has 1 fully saturated rings. The van der Waals surface area contributed by atoms with Crippen LogP contribution in [0.2, 0.25) is 0 Å². The number of carbonyl (C=O) groups excluding carboxylic acids is 1. The van der Waals surface area contributed by atoms with Gasteiger partial charge in [0, 0.05) is 19.2 Å². The first-order valence-electron chi connectivity index (χ1n) is 6.35. The summed E-state index contributed by atoms with van der Waals surface area (Å²) in [5.41, 5.74) is 8.51. The third-order valence-corrected chi connectivity index (χ3v) is 3.46. The average molecular weight is 247 g/mol. The zero-order chi connectivity index (χ0) is 12.5. The number of rotatable bonds is 1. The normalized spacial score (nSPS) is 18.9. The minimum absolute atomic E-state index is 0.0650. The molecule has 1 saturated heterocycles. The van der Waals surface area contributed by atoms with Gasteiger partial charge in [0.2, 0.25) is 0 Å². The number of amides is 1. The van der Waals surface area contributed by atoms with Crippen LogP contribution in [0.4, 0.5) is 17.1 Å². The monoisotopic (exact) mass is 247 g/mol. The van der Waals surface area contributed by atoms with Crippen molar-refractivity contribution in [2.24, 2.45) is 0 Å². The van der Waals surface area contributed by atoms with Crippen molar-refractivity contribution >= 4 is 23.0 Å². The van der Waals surface area contributed by atoms with Gasteiger partial charge in [0.05, 0.1) is 17.1 Å². The van der Waals surface area contributed by atoms with Crippen LogP contribution in [0.15, 0.2) is 12.1 Å². The number of anilines is 3. The van der Waals surface area contributed by atoms with E-state index in [1.54, 1.807) is 6.07 Å². The number of nitrogens with two attached hydrogens (primary N) is 1. The Kier molecular flexibility index (Phi) is 2.74. The van der Waals surface area contributed by atoms with Crippen LogP contribution in [0.25, 0.3) is 0 Å². The van der Waals surface area contributed by atoms with Crippen molar-refractivity contribution in [3.63, 3.8) is 0 Å². The first kappa shape index (κ1) is 11.2. The number of ether oxygens (including phenoxy) is 1. The number of nitrogen functional groups attached to an aromatic ring is 1. The molecule has 0 atom stereocenters. The number of nitrogens with one attached hydrogen (secondary N) is 1. The van der Waals surface area contributed by atoms with Gasteiger partial charge in [-0.3, -0.25) is 4.79 Å². The number of nitrogens with zero attached hydrogens (tertiary/aromatic N) is 1. The lowest BCUT2D eigenvalue weighted by Crippen LogP contribution is -2.31. The fourth-order valence-corrected chi connectivity index (χ4v) is 2.54. The van der Waals surface area contributed by atoms with E-state index < -0.39 is 0 Å². The molecule has 2 heterocycles. The molecule has 0 bridgehead atoms. The predicted octanol–water partition coefficient (Wildman–Crippen LogP) is 1.59. The summed E-state index contributed by atoms with van der Waals surface area (Å²) in [5, 5.41) is 2.82. The van der Waals surface area contributed by atoms with Gasteiger partial charge < -0.3 is 20.7 Å². The highest BCUT2D eigenvalue weighted by Gasteiger charge is 2.21. The molecule has 5 heteroatoms. The van der Waals surface area contributed by atoms with E-state index in [0.29, 0.717) is 11.4 Å². The van der Waals surface area contributed by atoms with Crippen molar-refractivity contribution in [2.45, 2.75) is 19.3 Å². The molecule has 2 aliphatic heterocycles. The highest BCUT2D eigenvalue weighted by Crippen LogP contribution is 2.37. The number of piperidine rings is 1. The van der Waals surface area contributed by atoms with Crippen LogP contribution in [0.5, 0.6) is 5.75 Å². The second kappa shape index (κ2) is 4.40. The van der Waals surface area contributed by atoms with Gasteiger partial charge in [-0.1, -0.05) is 0 Å². The first-order chi connectivity index (χ1) is 8.74. The van der Waals surface area contributed by atoms with Crippen molar-refractivity contribution in [3.05, 3.63) is 12.1 Å². The minimum atomic E-state index is -0.114. The van der Waals surface area contributed by atoms with E-state index in [-0.39, 0.29) is 12.5 Å². The van der Waals surface area contributed by atoms with Crippen molar-refractivity contribution in [3.8, 4) is 5.75 Å². The van der Waals surface area contributed by atoms with E-state index in [4.69, 9.17) is 10.5 Å². The molecule has 0 spiro atoms. The highest BCUT2D eigenvalue weighted by molar-refractivity contribution is 5.97. The lowest BCUT2D eigenvalue weighted by atomic mass is 10.1. The Bertz CT molecular complexity index is 481. The molecule has 0 aromatic heterocycles. The number of carbonyl (C=O) groups is 1. The van der Waals surface area contributed by atoms with E-state index in [9.17, 15) is 4.79 Å². The number of benzene rings is 1. The maximum atomic E-state index is 11.3. The van der Waals surface area contributed by atoms with Gasteiger partial charge in [-0.2, -0.15) is 0 Å². The summed E-state index contributed by atoms with van der Waals surface area (Å²) in [7, 11) is 0. The summed E-state index contributed by atoms with van der Waals surface area (Å²) >= 11 is 0. The molecule has 18 heavy (non-hydrogen) atoms. The van der Waals surface area contributed by atoms with Crippen LogP contribution in [0.1, 0.15) is 19.3 Å². The maximum absolute atomic E-state index is 11.3. The van der Waals surface area contributed by atoms with Crippen molar-refractivity contribution in [2.75, 3.05) is 35.6 Å². The van der Waals surface area contributed by atoms with Crippen LogP contribution in [-0.2, 0) is 4.79 Å². The Morgan fingerprint density at radius 3 is 2.78 bits per heavy atom. The van der Waals surface area contributed by atoms with Gasteiger partial charge in [-0.25, -0.2) is 0 Å². The second-order valence-corrected chi connectivity index (χ2v) is 4.79. The molecule has 1 aromatic carbocycles. The lowest BCUT2D eigenvalue weighted by molar-refractivity contribution is -0.118.